The Hall–Kier alpha value is -3.53. The van der Waals surface area contributed by atoms with Gasteiger partial charge >= 0.3 is 17.9 Å². The first-order valence-corrected chi connectivity index (χ1v) is 24.8. The van der Waals surface area contributed by atoms with Gasteiger partial charge in [-0.1, -0.05) is 182 Å². The average Bonchev–Trinajstić information content (AvgIpc) is 3.24. The van der Waals surface area contributed by atoms with Gasteiger partial charge in [0.05, 0.1) is 34.4 Å². The van der Waals surface area contributed by atoms with Crippen molar-refractivity contribution in [2.24, 2.45) is 0 Å². The number of hydrogen-bond acceptors (Lipinski definition) is 7. The van der Waals surface area contributed by atoms with E-state index < -0.39 is 24.3 Å². The second-order valence-electron chi connectivity index (χ2n) is 17.4. The molecule has 1 N–H and O–H groups in total. The first kappa shape index (κ1) is 59.5. The summed E-state index contributed by atoms with van der Waals surface area (Å²) in [4.78, 5) is 37.0. The van der Waals surface area contributed by atoms with E-state index in [0.717, 1.165) is 89.9 Å². The van der Waals surface area contributed by atoms with Crippen LogP contribution in [0.4, 0.5) is 0 Å². The van der Waals surface area contributed by atoms with Crippen LogP contribution < -0.4 is 0 Å². The molecule has 0 aromatic rings. The zero-order valence-electron chi connectivity index (χ0n) is 40.7. The number of carbonyl (C=O) groups excluding carboxylic acids is 2. The van der Waals surface area contributed by atoms with Crippen LogP contribution in [-0.4, -0.2) is 87.4 Å². The van der Waals surface area contributed by atoms with Gasteiger partial charge in [-0.3, -0.25) is 9.59 Å². The molecule has 0 bridgehead atoms. The zero-order valence-corrected chi connectivity index (χ0v) is 40.7. The summed E-state index contributed by atoms with van der Waals surface area (Å²) in [5.41, 5.74) is 0. The number of ether oxygens (including phenoxy) is 4. The van der Waals surface area contributed by atoms with Crippen molar-refractivity contribution in [3.05, 3.63) is 85.1 Å². The number of hydrogen-bond donors (Lipinski definition) is 1. The molecule has 9 nitrogen and oxygen atoms in total. The maximum Gasteiger partial charge on any atom is 0.361 e. The molecule has 9 heteroatoms. The van der Waals surface area contributed by atoms with Crippen molar-refractivity contribution in [3.8, 4) is 0 Å². The smallest absolute Gasteiger partial charge is 0.361 e. The van der Waals surface area contributed by atoms with Crippen LogP contribution in [0.15, 0.2) is 85.1 Å². The van der Waals surface area contributed by atoms with Gasteiger partial charge in [-0.25, -0.2) is 4.79 Å². The van der Waals surface area contributed by atoms with E-state index in [1.165, 1.54) is 57.8 Å². The number of nitrogens with zero attached hydrogens (tertiary/aromatic N) is 1. The fraction of sp³-hybridized carbons (Fsp3) is 0.685. The molecular weight excluding hydrogens is 791 g/mol. The van der Waals surface area contributed by atoms with Crippen molar-refractivity contribution in [2.45, 2.75) is 193 Å². The lowest BCUT2D eigenvalue weighted by molar-refractivity contribution is -0.870. The molecule has 2 atom stereocenters. The number of carbonyl (C=O) groups is 3. The molecule has 0 fully saturated rings. The molecule has 0 aromatic carbocycles. The third-order valence-corrected chi connectivity index (χ3v) is 10.2. The van der Waals surface area contributed by atoms with E-state index in [0.29, 0.717) is 23.9 Å². The highest BCUT2D eigenvalue weighted by atomic mass is 16.7. The first-order chi connectivity index (χ1) is 30.6. The summed E-state index contributed by atoms with van der Waals surface area (Å²) in [6, 6.07) is 0. The van der Waals surface area contributed by atoms with Gasteiger partial charge in [0.25, 0.3) is 6.29 Å². The molecule has 0 saturated heterocycles. The Kier molecular flexibility index (Phi) is 42.5. The number of allylic oxidation sites excluding steroid dienone is 14. The topological polar surface area (TPSA) is 108 Å². The number of carboxylic acids is 1. The maximum absolute atomic E-state index is 12.8. The molecule has 0 rings (SSSR count). The summed E-state index contributed by atoms with van der Waals surface area (Å²) in [6.07, 6.45) is 55.3. The van der Waals surface area contributed by atoms with E-state index in [2.05, 4.69) is 98.9 Å². The van der Waals surface area contributed by atoms with Crippen molar-refractivity contribution in [1.82, 2.24) is 0 Å². The summed E-state index contributed by atoms with van der Waals surface area (Å²) in [5, 5.41) is 9.62. The average molecular weight is 883 g/mol. The van der Waals surface area contributed by atoms with Gasteiger partial charge in [0.2, 0.25) is 0 Å². The molecular formula is C54H92NO8+. The Bertz CT molecular complexity index is 1300. The number of likely N-dealkylation sites (N-methyl/N-ethyl adjacent to an activating group) is 1. The van der Waals surface area contributed by atoms with E-state index in [9.17, 15) is 19.5 Å². The molecule has 0 radical (unpaired) electrons. The number of rotatable bonds is 44. The van der Waals surface area contributed by atoms with Gasteiger partial charge in [0.1, 0.15) is 13.2 Å². The van der Waals surface area contributed by atoms with Crippen LogP contribution in [-0.2, 0) is 33.3 Å². The zero-order chi connectivity index (χ0) is 46.3. The molecule has 0 amide bonds. The molecule has 2 unspecified atom stereocenters. The van der Waals surface area contributed by atoms with Gasteiger partial charge in [0, 0.05) is 12.8 Å². The van der Waals surface area contributed by atoms with Crippen LogP contribution in [0.2, 0.25) is 0 Å². The predicted octanol–water partition coefficient (Wildman–Crippen LogP) is 13.7. The van der Waals surface area contributed by atoms with Crippen LogP contribution in [0, 0.1) is 0 Å². The molecule has 0 heterocycles. The van der Waals surface area contributed by atoms with Crippen molar-refractivity contribution in [1.29, 1.82) is 0 Å². The van der Waals surface area contributed by atoms with Crippen LogP contribution in [0.3, 0.4) is 0 Å². The normalized spacial score (nSPS) is 13.6. The number of quaternary nitrogens is 1. The number of aliphatic carboxylic acids is 1. The fourth-order valence-corrected chi connectivity index (χ4v) is 6.34. The minimum atomic E-state index is -1.51. The lowest BCUT2D eigenvalue weighted by Gasteiger charge is -2.25. The monoisotopic (exact) mass is 883 g/mol. The Balaban J connectivity index is 4.17. The Labute approximate surface area is 385 Å². The second kappa shape index (κ2) is 45.1. The molecule has 0 aliphatic heterocycles. The standard InChI is InChI=1S/C54H91NO8/c1-6-8-10-12-14-15-16-17-18-19-20-21-22-23-24-25-26-27-28-29-30-31-32-33-34-35-36-37-39-41-43-45-52(57)63-50(48-61-51(56)44-42-40-38-13-11-9-7-2)49-62-54(53(58)59)60-47-46-55(3,4)5/h8,10,14-15,17-18,20-21,23-24,26-27,29-30,50,54H,6-7,9,11-13,16,19,22,25,28,31-49H2,1-5H3/p+1/b10-8-,15-14-,18-17-,21-20-,24-23-,27-26-,30-29-. The number of esters is 2. The Morgan fingerprint density at radius 1 is 0.492 bits per heavy atom. The maximum atomic E-state index is 12.8. The first-order valence-electron chi connectivity index (χ1n) is 24.8. The summed E-state index contributed by atoms with van der Waals surface area (Å²) in [5.74, 6) is -2.03. The van der Waals surface area contributed by atoms with E-state index in [-0.39, 0.29) is 32.2 Å². The molecule has 63 heavy (non-hydrogen) atoms. The highest BCUT2D eigenvalue weighted by Crippen LogP contribution is 2.14. The largest absolute Gasteiger partial charge is 0.477 e. The molecule has 360 valence electrons. The van der Waals surface area contributed by atoms with Crippen molar-refractivity contribution in [2.75, 3.05) is 47.5 Å². The van der Waals surface area contributed by atoms with E-state index in [4.69, 9.17) is 18.9 Å². The third kappa shape index (κ3) is 46.3. The minimum absolute atomic E-state index is 0.183. The molecule has 0 spiro atoms. The molecule has 0 aromatic heterocycles. The summed E-state index contributed by atoms with van der Waals surface area (Å²) in [7, 11) is 5.94. The minimum Gasteiger partial charge on any atom is -0.477 e. The second-order valence-corrected chi connectivity index (χ2v) is 17.4. The molecule has 0 aliphatic carbocycles. The highest BCUT2D eigenvalue weighted by Gasteiger charge is 2.25. The van der Waals surface area contributed by atoms with E-state index in [1.807, 2.05) is 21.1 Å². The van der Waals surface area contributed by atoms with Crippen molar-refractivity contribution in [3.63, 3.8) is 0 Å². The van der Waals surface area contributed by atoms with Gasteiger partial charge in [0.15, 0.2) is 6.10 Å². The van der Waals surface area contributed by atoms with Gasteiger partial charge < -0.3 is 28.5 Å². The fourth-order valence-electron chi connectivity index (χ4n) is 6.34. The Morgan fingerprint density at radius 3 is 1.35 bits per heavy atom. The summed E-state index contributed by atoms with van der Waals surface area (Å²) in [6.45, 7) is 4.68. The molecule has 0 aliphatic rings. The SMILES string of the molecule is CC/C=C\C/C=C\C/C=C\C/C=C\C/C=C\C/C=C\C/C=C\CCCCCCCCCCCC(=O)OC(COC(=O)CCCCCCCCC)COC(OCC[N+](C)(C)C)C(=O)O. The van der Waals surface area contributed by atoms with Crippen LogP contribution in [0.5, 0.6) is 0 Å². The van der Waals surface area contributed by atoms with E-state index in [1.54, 1.807) is 0 Å². The lowest BCUT2D eigenvalue weighted by atomic mass is 10.1. The van der Waals surface area contributed by atoms with E-state index >= 15 is 0 Å². The Morgan fingerprint density at radius 2 is 0.905 bits per heavy atom. The lowest BCUT2D eigenvalue weighted by Crippen LogP contribution is -2.40. The van der Waals surface area contributed by atoms with Crippen molar-refractivity contribution < 1.29 is 42.9 Å². The van der Waals surface area contributed by atoms with Crippen LogP contribution >= 0.6 is 0 Å². The molecule has 0 saturated carbocycles. The highest BCUT2D eigenvalue weighted by molar-refractivity contribution is 5.71. The third-order valence-electron chi connectivity index (χ3n) is 10.2. The quantitative estimate of drug-likeness (QED) is 0.0212. The van der Waals surface area contributed by atoms with Gasteiger partial charge in [-0.15, -0.1) is 0 Å². The van der Waals surface area contributed by atoms with Gasteiger partial charge in [-0.2, -0.15) is 0 Å². The van der Waals surface area contributed by atoms with Gasteiger partial charge in [-0.05, 0) is 70.6 Å². The summed E-state index contributed by atoms with van der Waals surface area (Å²) < 4.78 is 22.6. The predicted molar refractivity (Wildman–Crippen MR) is 262 cm³/mol. The number of carboxylic acid groups (broad SMARTS) is 1. The summed E-state index contributed by atoms with van der Waals surface area (Å²) >= 11 is 0. The van der Waals surface area contributed by atoms with Crippen LogP contribution in [0.25, 0.3) is 0 Å². The van der Waals surface area contributed by atoms with Crippen LogP contribution in [0.1, 0.15) is 181 Å². The number of unbranched alkanes of at least 4 members (excludes halogenated alkanes) is 15. The van der Waals surface area contributed by atoms with Crippen molar-refractivity contribution >= 4 is 17.9 Å².